The maximum Gasteiger partial charge on any atom is 0.269 e. The van der Waals surface area contributed by atoms with Gasteiger partial charge >= 0.3 is 0 Å². The molecular formula is C14H12N6O. The molecule has 4 heterocycles. The molecule has 1 N–H and O–H groups in total. The number of nitrogens with zero attached hydrogens (tertiary/aromatic N) is 5. The van der Waals surface area contributed by atoms with Gasteiger partial charge in [-0.2, -0.15) is 5.10 Å². The summed E-state index contributed by atoms with van der Waals surface area (Å²) >= 11 is 0. The van der Waals surface area contributed by atoms with Crippen molar-refractivity contribution in [3.05, 3.63) is 48.8 Å². The normalized spacial score (nSPS) is 13.8. The fraction of sp³-hybridized carbons (Fsp3) is 0.143. The third-order valence-corrected chi connectivity index (χ3v) is 3.43. The first kappa shape index (κ1) is 11.8. The Kier molecular flexibility index (Phi) is 2.56. The van der Waals surface area contributed by atoms with Crippen molar-refractivity contribution in [2.75, 3.05) is 6.54 Å². The van der Waals surface area contributed by atoms with Gasteiger partial charge in [0, 0.05) is 30.7 Å². The average Bonchev–Trinajstić information content (AvgIpc) is 3.18. The third kappa shape index (κ3) is 1.99. The van der Waals surface area contributed by atoms with E-state index >= 15 is 0 Å². The van der Waals surface area contributed by atoms with Crippen LogP contribution in [0.5, 0.6) is 0 Å². The molecule has 104 valence electrons. The van der Waals surface area contributed by atoms with Crippen molar-refractivity contribution < 1.29 is 4.79 Å². The van der Waals surface area contributed by atoms with Gasteiger partial charge in [0.15, 0.2) is 0 Å². The molecule has 0 atom stereocenters. The van der Waals surface area contributed by atoms with Crippen LogP contribution in [0.25, 0.3) is 17.1 Å². The zero-order chi connectivity index (χ0) is 14.2. The maximum atomic E-state index is 11.8. The highest BCUT2D eigenvalue weighted by atomic mass is 16.2. The van der Waals surface area contributed by atoms with Gasteiger partial charge in [0.05, 0.1) is 12.2 Å². The lowest BCUT2D eigenvalue weighted by Gasteiger charge is -2.13. The third-order valence-electron chi connectivity index (χ3n) is 3.43. The van der Waals surface area contributed by atoms with Gasteiger partial charge in [0.25, 0.3) is 5.91 Å². The van der Waals surface area contributed by atoms with Crippen LogP contribution >= 0.6 is 0 Å². The van der Waals surface area contributed by atoms with Crippen LogP contribution < -0.4 is 5.32 Å². The van der Waals surface area contributed by atoms with E-state index in [1.807, 2.05) is 29.0 Å². The molecular weight excluding hydrogens is 268 g/mol. The highest BCUT2D eigenvalue weighted by Crippen LogP contribution is 2.21. The summed E-state index contributed by atoms with van der Waals surface area (Å²) in [7, 11) is 0. The monoisotopic (exact) mass is 280 g/mol. The van der Waals surface area contributed by atoms with E-state index in [0.29, 0.717) is 18.8 Å². The van der Waals surface area contributed by atoms with Crippen LogP contribution in [0.2, 0.25) is 0 Å². The van der Waals surface area contributed by atoms with Crippen LogP contribution in [0.15, 0.2) is 43.1 Å². The number of pyridine rings is 1. The minimum atomic E-state index is -0.0797. The first-order valence-electron chi connectivity index (χ1n) is 6.62. The van der Waals surface area contributed by atoms with Crippen LogP contribution in [0, 0.1) is 0 Å². The molecule has 0 spiro atoms. The summed E-state index contributed by atoms with van der Waals surface area (Å²) in [5.41, 5.74) is 2.28. The smallest absolute Gasteiger partial charge is 0.269 e. The Morgan fingerprint density at radius 3 is 3.00 bits per heavy atom. The van der Waals surface area contributed by atoms with Crippen molar-refractivity contribution in [3.63, 3.8) is 0 Å². The number of carbonyl (C=O) groups is 1. The molecule has 21 heavy (non-hydrogen) atoms. The Morgan fingerprint density at radius 2 is 2.19 bits per heavy atom. The number of nitrogens with one attached hydrogen (secondary N) is 1. The summed E-state index contributed by atoms with van der Waals surface area (Å²) in [6, 6.07) is 5.61. The number of carbonyl (C=O) groups excluding carboxylic acids is 1. The van der Waals surface area contributed by atoms with Gasteiger partial charge in [-0.15, -0.1) is 0 Å². The standard InChI is InChI=1S/C14H12N6O/c21-14-12-8-11(18-20(12)6-4-17-14)10-1-2-16-13(7-10)19-5-3-15-9-19/h1-3,5,7-9H,4,6H2,(H,17,21). The molecule has 0 saturated heterocycles. The Bertz CT molecular complexity index is 805. The van der Waals surface area contributed by atoms with Gasteiger partial charge in [0.2, 0.25) is 0 Å². The van der Waals surface area contributed by atoms with E-state index in [2.05, 4.69) is 20.4 Å². The van der Waals surface area contributed by atoms with Gasteiger partial charge in [0.1, 0.15) is 17.8 Å². The Balaban J connectivity index is 1.77. The predicted octanol–water partition coefficient (Wildman–Crippen LogP) is 0.874. The molecule has 0 radical (unpaired) electrons. The summed E-state index contributed by atoms with van der Waals surface area (Å²) in [6.07, 6.45) is 6.95. The molecule has 1 aliphatic rings. The van der Waals surface area contributed by atoms with E-state index in [-0.39, 0.29) is 5.91 Å². The van der Waals surface area contributed by atoms with E-state index in [9.17, 15) is 4.79 Å². The molecule has 3 aromatic rings. The largest absolute Gasteiger partial charge is 0.349 e. The number of rotatable bonds is 2. The Morgan fingerprint density at radius 1 is 1.24 bits per heavy atom. The number of hydrogen-bond acceptors (Lipinski definition) is 4. The molecule has 0 unspecified atom stereocenters. The van der Waals surface area contributed by atoms with E-state index in [1.165, 1.54) is 0 Å². The molecule has 0 aliphatic carbocycles. The van der Waals surface area contributed by atoms with Gasteiger partial charge in [-0.1, -0.05) is 0 Å². The number of amides is 1. The number of hydrogen-bond donors (Lipinski definition) is 1. The second kappa shape index (κ2) is 4.55. The topological polar surface area (TPSA) is 77.6 Å². The molecule has 7 heteroatoms. The number of fused-ring (bicyclic) bond motifs is 1. The van der Waals surface area contributed by atoms with Crippen molar-refractivity contribution in [3.8, 4) is 17.1 Å². The van der Waals surface area contributed by atoms with Gasteiger partial charge < -0.3 is 5.32 Å². The second-order valence-electron chi connectivity index (χ2n) is 4.77. The van der Waals surface area contributed by atoms with Crippen molar-refractivity contribution in [2.24, 2.45) is 0 Å². The van der Waals surface area contributed by atoms with E-state index < -0.39 is 0 Å². The predicted molar refractivity (Wildman–Crippen MR) is 74.9 cm³/mol. The molecule has 0 saturated carbocycles. The highest BCUT2D eigenvalue weighted by molar-refractivity contribution is 5.94. The molecule has 0 fully saturated rings. The first-order chi connectivity index (χ1) is 10.3. The van der Waals surface area contributed by atoms with E-state index in [1.54, 1.807) is 23.4 Å². The van der Waals surface area contributed by atoms with Gasteiger partial charge in [-0.25, -0.2) is 9.97 Å². The summed E-state index contributed by atoms with van der Waals surface area (Å²) in [4.78, 5) is 20.1. The Hall–Kier alpha value is -2.96. The van der Waals surface area contributed by atoms with Crippen LogP contribution in [-0.4, -0.2) is 36.8 Å². The SMILES string of the molecule is O=C1NCCn2nc(-c3ccnc(-n4ccnc4)c3)cc21. The van der Waals surface area contributed by atoms with Crippen LogP contribution in [0.3, 0.4) is 0 Å². The van der Waals surface area contributed by atoms with Crippen molar-refractivity contribution >= 4 is 5.91 Å². The maximum absolute atomic E-state index is 11.8. The number of aromatic nitrogens is 5. The van der Waals surface area contributed by atoms with Gasteiger partial charge in [-0.05, 0) is 18.2 Å². The average molecular weight is 280 g/mol. The summed E-state index contributed by atoms with van der Waals surface area (Å²) in [5, 5.41) is 7.31. The molecule has 7 nitrogen and oxygen atoms in total. The molecule has 0 aromatic carbocycles. The lowest BCUT2D eigenvalue weighted by molar-refractivity contribution is 0.0924. The second-order valence-corrected chi connectivity index (χ2v) is 4.77. The van der Waals surface area contributed by atoms with Crippen LogP contribution in [0.4, 0.5) is 0 Å². The molecule has 3 aromatic heterocycles. The lowest BCUT2D eigenvalue weighted by Crippen LogP contribution is -2.35. The molecule has 1 amide bonds. The molecule has 0 bridgehead atoms. The van der Waals surface area contributed by atoms with Crippen LogP contribution in [-0.2, 0) is 6.54 Å². The van der Waals surface area contributed by atoms with Crippen molar-refractivity contribution in [1.82, 2.24) is 29.6 Å². The van der Waals surface area contributed by atoms with Crippen LogP contribution in [0.1, 0.15) is 10.5 Å². The zero-order valence-electron chi connectivity index (χ0n) is 11.1. The fourth-order valence-electron chi connectivity index (χ4n) is 2.39. The molecule has 4 rings (SSSR count). The number of imidazole rings is 1. The summed E-state index contributed by atoms with van der Waals surface area (Å²) in [5.74, 6) is 0.685. The van der Waals surface area contributed by atoms with Crippen molar-refractivity contribution in [2.45, 2.75) is 6.54 Å². The quantitative estimate of drug-likeness (QED) is 0.755. The minimum Gasteiger partial charge on any atom is -0.349 e. The van der Waals surface area contributed by atoms with E-state index in [0.717, 1.165) is 17.1 Å². The molecule has 1 aliphatic heterocycles. The minimum absolute atomic E-state index is 0.0797. The summed E-state index contributed by atoms with van der Waals surface area (Å²) < 4.78 is 3.57. The first-order valence-corrected chi connectivity index (χ1v) is 6.62. The lowest BCUT2D eigenvalue weighted by atomic mass is 10.2. The van der Waals surface area contributed by atoms with Gasteiger partial charge in [-0.3, -0.25) is 14.0 Å². The zero-order valence-corrected chi connectivity index (χ0v) is 11.1. The van der Waals surface area contributed by atoms with Crippen molar-refractivity contribution in [1.29, 1.82) is 0 Å². The van der Waals surface area contributed by atoms with E-state index in [4.69, 9.17) is 0 Å². The Labute approximate surface area is 120 Å². The summed E-state index contributed by atoms with van der Waals surface area (Å²) in [6.45, 7) is 1.31. The highest BCUT2D eigenvalue weighted by Gasteiger charge is 2.19. The fourth-order valence-corrected chi connectivity index (χ4v) is 2.39.